The van der Waals surface area contributed by atoms with Gasteiger partial charge in [-0.3, -0.25) is 0 Å². The normalized spacial score (nSPS) is 12.3. The number of fused-ring (bicyclic) bond motifs is 1. The molecule has 1 N–H and O–H groups in total. The highest BCUT2D eigenvalue weighted by Crippen LogP contribution is 2.34. The van der Waals surface area contributed by atoms with Gasteiger partial charge in [0.15, 0.2) is 11.5 Å². The van der Waals surface area contributed by atoms with Crippen LogP contribution in [0.1, 0.15) is 86.6 Å². The minimum Gasteiger partial charge on any atom is -0.497 e. The van der Waals surface area contributed by atoms with Crippen LogP contribution >= 0.6 is 0 Å². The largest absolute Gasteiger partial charge is 0.497 e. The third-order valence-corrected chi connectivity index (χ3v) is 11.0. The van der Waals surface area contributed by atoms with Crippen molar-refractivity contribution in [3.05, 3.63) is 131 Å². The van der Waals surface area contributed by atoms with Crippen LogP contribution in [0, 0.1) is 0 Å². The number of methoxy groups -OCH3 is 4. The van der Waals surface area contributed by atoms with Crippen LogP contribution in [0.3, 0.4) is 0 Å². The molecule has 0 bridgehead atoms. The molecule has 0 saturated carbocycles. The number of hydrogen-bond acceptors (Lipinski definition) is 13. The van der Waals surface area contributed by atoms with Crippen LogP contribution in [0.15, 0.2) is 97.2 Å². The van der Waals surface area contributed by atoms with Crippen molar-refractivity contribution >= 4 is 17.6 Å². The van der Waals surface area contributed by atoms with E-state index in [1.54, 1.807) is 51.1 Å². The maximum absolute atomic E-state index is 12.6. The van der Waals surface area contributed by atoms with E-state index >= 15 is 0 Å². The van der Waals surface area contributed by atoms with Gasteiger partial charge >= 0.3 is 12.1 Å². The van der Waals surface area contributed by atoms with Crippen molar-refractivity contribution in [2.24, 2.45) is 0 Å². The van der Waals surface area contributed by atoms with Crippen LogP contribution in [0.5, 0.6) is 29.0 Å². The second-order valence-corrected chi connectivity index (χ2v) is 17.0. The number of imidazole rings is 1. The molecule has 0 radical (unpaired) electrons. The first-order valence-electron chi connectivity index (χ1n) is 22.2. The van der Waals surface area contributed by atoms with E-state index < -0.39 is 11.7 Å². The Bertz CT molecular complexity index is 2420. The molecule has 4 aromatic carbocycles. The Kier molecular flexibility index (Phi) is 17.1. The summed E-state index contributed by atoms with van der Waals surface area (Å²) in [6.07, 6.45) is 2.65. The Balaban J connectivity index is 1.38. The molecule has 0 fully saturated rings. The topological polar surface area (TPSA) is 151 Å². The zero-order chi connectivity index (χ0) is 47.2. The van der Waals surface area contributed by atoms with Crippen LogP contribution in [-0.2, 0) is 35.6 Å². The zero-order valence-electron chi connectivity index (χ0n) is 39.7. The van der Waals surface area contributed by atoms with Crippen molar-refractivity contribution in [2.75, 3.05) is 53.5 Å². The number of aliphatic hydroxyl groups is 1. The molecular formula is C51H64N6O9. The molecule has 15 heteroatoms. The number of rotatable bonds is 23. The van der Waals surface area contributed by atoms with Gasteiger partial charge in [-0.25, -0.2) is 14.3 Å². The lowest BCUT2D eigenvalue weighted by molar-refractivity contribution is 0.0300. The van der Waals surface area contributed by atoms with Gasteiger partial charge in [-0.2, -0.15) is 4.98 Å². The van der Waals surface area contributed by atoms with Crippen molar-refractivity contribution in [1.82, 2.24) is 24.5 Å². The number of benzene rings is 4. The van der Waals surface area contributed by atoms with E-state index in [0.29, 0.717) is 91.4 Å². The maximum atomic E-state index is 12.6. The highest BCUT2D eigenvalue weighted by molar-refractivity contribution is 5.68. The third kappa shape index (κ3) is 13.0. The zero-order valence-corrected chi connectivity index (χ0v) is 39.7. The third-order valence-electron chi connectivity index (χ3n) is 11.0. The van der Waals surface area contributed by atoms with Crippen molar-refractivity contribution in [3.63, 3.8) is 0 Å². The Hall–Kier alpha value is -6.58. The molecule has 2 aromatic heterocycles. The highest BCUT2D eigenvalue weighted by Gasteiger charge is 2.27. The van der Waals surface area contributed by atoms with Crippen molar-refractivity contribution < 1.29 is 43.1 Å². The predicted octanol–water partition coefficient (Wildman–Crippen LogP) is 9.01. The Morgan fingerprint density at radius 2 is 1.44 bits per heavy atom. The first-order chi connectivity index (χ1) is 31.8. The first-order valence-corrected chi connectivity index (χ1v) is 22.2. The molecule has 0 aliphatic carbocycles. The molecular weight excluding hydrogens is 841 g/mol. The molecule has 6 rings (SSSR count). The van der Waals surface area contributed by atoms with Crippen LogP contribution < -0.4 is 28.6 Å². The summed E-state index contributed by atoms with van der Waals surface area (Å²) in [5, 5.41) is 17.0. The summed E-state index contributed by atoms with van der Waals surface area (Å²) in [5.74, 6) is 3.01. The number of aromatic nitrogens is 4. The molecule has 0 aliphatic heterocycles. The second-order valence-electron chi connectivity index (χ2n) is 17.0. The first kappa shape index (κ1) is 48.9. The SMILES string of the molecule is CCCC(CCOCc1ccccc1)Oc1nc(N(Cc2ccc(OC)cc2OC)Cc2ccc(OC)cc2OC)c2ncc(C(O)c3ccc(CCN(C)C(=O)OC(C)(C)C)cc3)n2n1. The van der Waals surface area contributed by atoms with Crippen LogP contribution in [0.25, 0.3) is 5.65 Å². The predicted molar refractivity (Wildman–Crippen MR) is 253 cm³/mol. The maximum Gasteiger partial charge on any atom is 0.410 e. The molecule has 352 valence electrons. The number of carbonyl (C=O) groups excluding carboxylic acids is 1. The van der Waals surface area contributed by atoms with Gasteiger partial charge < -0.3 is 48.1 Å². The van der Waals surface area contributed by atoms with Crippen molar-refractivity contribution in [1.29, 1.82) is 0 Å². The second kappa shape index (κ2) is 23.0. The monoisotopic (exact) mass is 904 g/mol. The molecule has 1 amide bonds. The number of aliphatic hydroxyl groups excluding tert-OH is 1. The lowest BCUT2D eigenvalue weighted by Gasteiger charge is -2.27. The molecule has 0 aliphatic rings. The Labute approximate surface area is 388 Å². The van der Waals surface area contributed by atoms with Gasteiger partial charge in [0.05, 0.1) is 53.5 Å². The smallest absolute Gasteiger partial charge is 0.410 e. The van der Waals surface area contributed by atoms with E-state index in [1.807, 2.05) is 112 Å². The van der Waals surface area contributed by atoms with Gasteiger partial charge in [0.2, 0.25) is 0 Å². The number of anilines is 1. The lowest BCUT2D eigenvalue weighted by Crippen LogP contribution is -2.35. The fourth-order valence-corrected chi connectivity index (χ4v) is 7.37. The number of carbonyl (C=O) groups is 1. The van der Waals surface area contributed by atoms with Crippen molar-refractivity contribution in [3.8, 4) is 29.0 Å². The Morgan fingerprint density at radius 3 is 2.02 bits per heavy atom. The summed E-state index contributed by atoms with van der Waals surface area (Å²) < 4.78 is 42.7. The van der Waals surface area contributed by atoms with Crippen LogP contribution in [0.2, 0.25) is 0 Å². The summed E-state index contributed by atoms with van der Waals surface area (Å²) >= 11 is 0. The number of amides is 1. The van der Waals surface area contributed by atoms with E-state index in [4.69, 9.17) is 48.2 Å². The van der Waals surface area contributed by atoms with Gasteiger partial charge in [-0.05, 0) is 74.6 Å². The van der Waals surface area contributed by atoms with Gasteiger partial charge in [-0.15, -0.1) is 5.10 Å². The quantitative estimate of drug-likeness (QED) is 0.0610. The molecule has 0 spiro atoms. The summed E-state index contributed by atoms with van der Waals surface area (Å²) in [5.41, 5.74) is 4.66. The number of ether oxygens (including phenoxy) is 7. The number of hydrogen-bond donors (Lipinski definition) is 1. The van der Waals surface area contributed by atoms with E-state index in [-0.39, 0.29) is 18.2 Å². The standard InChI is InChI=1S/C51H64N6O9/c1-10-14-40(26-28-64-34-36-15-12-11-13-16-36)65-49-53-48(56(32-38-21-23-41(60-6)29-44(38)62-8)33-39-22-24-42(61-7)30-45(39)63-9)47-52-31-43(57(47)54-49)46(58)37-19-17-35(18-20-37)25-27-55(5)50(59)66-51(2,3)4/h11-13,15-24,29-31,40,46,58H,10,14,25-28,32-34H2,1-9H3. The molecule has 66 heavy (non-hydrogen) atoms. The highest BCUT2D eigenvalue weighted by atomic mass is 16.6. The van der Waals surface area contributed by atoms with E-state index in [9.17, 15) is 9.90 Å². The van der Waals surface area contributed by atoms with E-state index in [0.717, 1.165) is 35.1 Å². The van der Waals surface area contributed by atoms with Gasteiger partial charge in [0.1, 0.15) is 40.8 Å². The average molecular weight is 905 g/mol. The van der Waals surface area contributed by atoms with Gasteiger partial charge in [0.25, 0.3) is 0 Å². The van der Waals surface area contributed by atoms with Crippen LogP contribution in [0.4, 0.5) is 10.6 Å². The fraction of sp³-hybridized carbons (Fsp3) is 0.412. The average Bonchev–Trinajstić information content (AvgIpc) is 3.75. The van der Waals surface area contributed by atoms with Crippen molar-refractivity contribution in [2.45, 2.75) is 90.9 Å². The molecule has 2 heterocycles. The lowest BCUT2D eigenvalue weighted by atomic mass is 10.0. The summed E-state index contributed by atoms with van der Waals surface area (Å²) in [6, 6.07) is 29.2. The number of likely N-dealkylation sites (N-methyl/N-ethyl adjacent to an activating group) is 1. The number of nitrogens with zero attached hydrogens (tertiary/aromatic N) is 6. The fourth-order valence-electron chi connectivity index (χ4n) is 7.37. The minimum absolute atomic E-state index is 0.114. The molecule has 0 saturated heterocycles. The molecule has 2 unspecified atom stereocenters. The summed E-state index contributed by atoms with van der Waals surface area (Å²) in [6.45, 7) is 9.70. The minimum atomic E-state index is -1.12. The van der Waals surface area contributed by atoms with Gasteiger partial charge in [-0.1, -0.05) is 67.9 Å². The molecule has 2 atom stereocenters. The van der Waals surface area contributed by atoms with Gasteiger partial charge in [0, 0.05) is 56.4 Å². The molecule has 15 nitrogen and oxygen atoms in total. The summed E-state index contributed by atoms with van der Waals surface area (Å²) in [4.78, 5) is 26.2. The Morgan fingerprint density at radius 1 is 0.803 bits per heavy atom. The van der Waals surface area contributed by atoms with Crippen LogP contribution in [-0.4, -0.2) is 96.0 Å². The van der Waals surface area contributed by atoms with E-state index in [2.05, 4.69) is 11.8 Å². The molecule has 6 aromatic rings. The summed E-state index contributed by atoms with van der Waals surface area (Å²) in [7, 11) is 8.20. The van der Waals surface area contributed by atoms with E-state index in [1.165, 1.54) is 0 Å².